The first-order valence-electron chi connectivity index (χ1n) is 24.0. The van der Waals surface area contributed by atoms with Gasteiger partial charge in [0.1, 0.15) is 0 Å². The molecule has 324 valence electrons. The van der Waals surface area contributed by atoms with Crippen LogP contribution in [0, 0.1) is 6.92 Å². The van der Waals surface area contributed by atoms with Crippen LogP contribution in [-0.2, 0) is 27.1 Å². The van der Waals surface area contributed by atoms with Crippen LogP contribution in [0.2, 0.25) is 0 Å². The predicted molar refractivity (Wildman–Crippen MR) is 283 cm³/mol. The zero-order valence-electron chi connectivity index (χ0n) is 40.4. The third kappa shape index (κ3) is 5.65. The summed E-state index contributed by atoms with van der Waals surface area (Å²) in [6, 6.07) is 50.2. The molecule has 0 spiro atoms. The van der Waals surface area contributed by atoms with Gasteiger partial charge in [0, 0.05) is 53.8 Å². The number of rotatable bonds is 2. The van der Waals surface area contributed by atoms with E-state index in [0.29, 0.717) is 0 Å². The van der Waals surface area contributed by atoms with Gasteiger partial charge >= 0.3 is 0 Å². The van der Waals surface area contributed by atoms with Crippen LogP contribution >= 0.6 is 11.3 Å². The van der Waals surface area contributed by atoms with Crippen LogP contribution in [-0.4, -0.2) is 6.71 Å². The standard InChI is InChI=1S/C61H61BN2S/c1-36-30-51-54-52(31-36)64(49-23-17-19-37-18-13-14-20-40(37)49)50-35-47-46(60(9,10)43-21-15-16-22-44(43)61(47,11)12)34-48(50)62(54)56-55(41-32-38(57(2,3)4)24-27-53(41)65-56)63(51)39-25-26-42-45(33-39)59(7,8)29-28-58(42,5)6/h13-27,30-35H,28-29H2,1-12H3. The van der Waals surface area contributed by atoms with Crippen molar-refractivity contribution < 1.29 is 0 Å². The number of benzene rings is 7. The van der Waals surface area contributed by atoms with Crippen LogP contribution in [0.1, 0.15) is 134 Å². The molecule has 0 unspecified atom stereocenters. The van der Waals surface area contributed by atoms with E-state index < -0.39 is 0 Å². The van der Waals surface area contributed by atoms with E-state index in [0.717, 1.165) is 0 Å². The second-order valence-corrected chi connectivity index (χ2v) is 24.4. The van der Waals surface area contributed by atoms with Gasteiger partial charge in [-0.1, -0.05) is 155 Å². The highest BCUT2D eigenvalue weighted by atomic mass is 32.1. The Bertz CT molecular complexity index is 3350. The Labute approximate surface area is 391 Å². The highest BCUT2D eigenvalue weighted by molar-refractivity contribution is 7.33. The maximum atomic E-state index is 2.70. The van der Waals surface area contributed by atoms with E-state index in [1.807, 2.05) is 11.3 Å². The van der Waals surface area contributed by atoms with Gasteiger partial charge in [0.25, 0.3) is 6.71 Å². The average Bonchev–Trinajstić information content (AvgIpc) is 3.65. The molecule has 0 fully saturated rings. The summed E-state index contributed by atoms with van der Waals surface area (Å²) in [5.74, 6) is 0. The van der Waals surface area contributed by atoms with Crippen molar-refractivity contribution in [2.45, 2.75) is 123 Å². The summed E-state index contributed by atoms with van der Waals surface area (Å²) < 4.78 is 2.79. The lowest BCUT2D eigenvalue weighted by atomic mass is 9.35. The van der Waals surface area contributed by atoms with E-state index in [1.165, 1.54) is 128 Å². The van der Waals surface area contributed by atoms with Gasteiger partial charge in [-0.25, -0.2) is 0 Å². The van der Waals surface area contributed by atoms with Gasteiger partial charge in [0.15, 0.2) is 0 Å². The number of anilines is 6. The van der Waals surface area contributed by atoms with Crippen molar-refractivity contribution in [3.8, 4) is 0 Å². The van der Waals surface area contributed by atoms with Crippen molar-refractivity contribution in [1.82, 2.24) is 0 Å². The predicted octanol–water partition coefficient (Wildman–Crippen LogP) is 15.1. The minimum absolute atomic E-state index is 0.00966. The van der Waals surface area contributed by atoms with Gasteiger partial charge in [-0.05, 0) is 145 Å². The molecule has 65 heavy (non-hydrogen) atoms. The van der Waals surface area contributed by atoms with Gasteiger partial charge < -0.3 is 9.80 Å². The minimum atomic E-state index is -0.191. The fourth-order valence-electron chi connectivity index (χ4n) is 12.7. The van der Waals surface area contributed by atoms with Crippen LogP contribution in [0.3, 0.4) is 0 Å². The lowest BCUT2D eigenvalue weighted by Crippen LogP contribution is -2.61. The summed E-state index contributed by atoms with van der Waals surface area (Å²) >= 11 is 2.02. The van der Waals surface area contributed by atoms with E-state index in [1.54, 1.807) is 0 Å². The minimum Gasteiger partial charge on any atom is -0.311 e. The van der Waals surface area contributed by atoms with Crippen molar-refractivity contribution >= 4 is 88.7 Å². The van der Waals surface area contributed by atoms with Gasteiger partial charge in [0.2, 0.25) is 0 Å². The first-order valence-corrected chi connectivity index (χ1v) is 24.8. The lowest BCUT2D eigenvalue weighted by Gasteiger charge is -2.48. The Morgan fingerprint density at radius 1 is 0.523 bits per heavy atom. The molecule has 0 atom stereocenters. The molecule has 2 aliphatic carbocycles. The Morgan fingerprint density at radius 3 is 1.86 bits per heavy atom. The molecule has 0 amide bonds. The second kappa shape index (κ2) is 13.3. The van der Waals surface area contributed by atoms with Crippen molar-refractivity contribution in [3.05, 3.63) is 172 Å². The highest BCUT2D eigenvalue weighted by Gasteiger charge is 2.49. The monoisotopic (exact) mass is 864 g/mol. The number of hydrogen-bond donors (Lipinski definition) is 0. The van der Waals surface area contributed by atoms with E-state index in [2.05, 4.69) is 220 Å². The molecule has 0 saturated heterocycles. The van der Waals surface area contributed by atoms with Gasteiger partial charge in [0.05, 0.1) is 11.4 Å². The summed E-state index contributed by atoms with van der Waals surface area (Å²) in [6.45, 7) is 29.1. The highest BCUT2D eigenvalue weighted by Crippen LogP contribution is 2.55. The molecular formula is C61H61BN2S. The lowest BCUT2D eigenvalue weighted by molar-refractivity contribution is 0.332. The second-order valence-electron chi connectivity index (χ2n) is 23.3. The number of hydrogen-bond acceptors (Lipinski definition) is 3. The molecule has 2 aliphatic heterocycles. The number of thiophene rings is 1. The van der Waals surface area contributed by atoms with Crippen LogP contribution in [0.15, 0.2) is 127 Å². The van der Waals surface area contributed by atoms with Crippen LogP contribution < -0.4 is 25.5 Å². The maximum absolute atomic E-state index is 2.70. The maximum Gasteiger partial charge on any atom is 0.264 e. The summed E-state index contributed by atoms with van der Waals surface area (Å²) in [5.41, 5.74) is 21.7. The number of nitrogens with zero attached hydrogens (tertiary/aromatic N) is 2. The van der Waals surface area contributed by atoms with E-state index in [-0.39, 0.29) is 33.8 Å². The Kier molecular flexibility index (Phi) is 8.36. The molecule has 1 aromatic heterocycles. The normalized spacial score (nSPS) is 18.1. The van der Waals surface area contributed by atoms with Crippen molar-refractivity contribution in [3.63, 3.8) is 0 Å². The third-order valence-electron chi connectivity index (χ3n) is 16.5. The van der Waals surface area contributed by atoms with Crippen LogP contribution in [0.4, 0.5) is 34.1 Å². The Balaban J connectivity index is 1.23. The number of aryl methyl sites for hydroxylation is 1. The molecule has 7 aromatic carbocycles. The third-order valence-corrected chi connectivity index (χ3v) is 17.8. The summed E-state index contributed by atoms with van der Waals surface area (Å²) in [6.07, 6.45) is 2.38. The Morgan fingerprint density at radius 2 is 1.15 bits per heavy atom. The molecule has 4 heteroatoms. The fraction of sp³-hybridized carbons (Fsp3) is 0.311. The fourth-order valence-corrected chi connectivity index (χ4v) is 14.0. The molecule has 0 N–H and O–H groups in total. The van der Waals surface area contributed by atoms with Crippen LogP contribution in [0.25, 0.3) is 20.9 Å². The first-order chi connectivity index (χ1) is 30.8. The van der Waals surface area contributed by atoms with Gasteiger partial charge in [-0.2, -0.15) is 0 Å². The van der Waals surface area contributed by atoms with Crippen molar-refractivity contribution in [1.29, 1.82) is 0 Å². The number of fused-ring (bicyclic) bond motifs is 10. The zero-order valence-corrected chi connectivity index (χ0v) is 41.2. The van der Waals surface area contributed by atoms with Gasteiger partial charge in [-0.15, -0.1) is 11.3 Å². The first kappa shape index (κ1) is 40.9. The SMILES string of the molecule is Cc1cc2c3c(c1)N(c1ccc4c(c1)C(C)(C)CCC4(C)C)c1c(sc4ccc(C(C)(C)C)cc14)B3c1cc3c(cc1N2c1cccc2ccccc12)C(C)(C)c1ccccc1C3(C)C. The van der Waals surface area contributed by atoms with E-state index in [9.17, 15) is 0 Å². The zero-order chi connectivity index (χ0) is 45.3. The molecule has 0 saturated carbocycles. The largest absolute Gasteiger partial charge is 0.311 e. The average molecular weight is 865 g/mol. The molecule has 0 bridgehead atoms. The molecule has 4 aliphatic rings. The smallest absolute Gasteiger partial charge is 0.264 e. The topological polar surface area (TPSA) is 6.48 Å². The molecule has 2 nitrogen and oxygen atoms in total. The van der Waals surface area contributed by atoms with Crippen LogP contribution in [0.5, 0.6) is 0 Å². The Hall–Kier alpha value is -5.58. The molecule has 12 rings (SSSR count). The van der Waals surface area contributed by atoms with Crippen molar-refractivity contribution in [2.75, 3.05) is 9.80 Å². The molecule has 0 radical (unpaired) electrons. The van der Waals surface area contributed by atoms with Crippen molar-refractivity contribution in [2.24, 2.45) is 0 Å². The molecular weight excluding hydrogens is 804 g/mol. The van der Waals surface area contributed by atoms with E-state index in [4.69, 9.17) is 0 Å². The molecule has 8 aromatic rings. The summed E-state index contributed by atoms with van der Waals surface area (Å²) in [5, 5.41) is 3.88. The quantitative estimate of drug-likeness (QED) is 0.160. The summed E-state index contributed by atoms with van der Waals surface area (Å²) in [4.78, 5) is 5.37. The molecule has 3 heterocycles. The summed E-state index contributed by atoms with van der Waals surface area (Å²) in [7, 11) is 0. The van der Waals surface area contributed by atoms with E-state index >= 15 is 0 Å². The van der Waals surface area contributed by atoms with Gasteiger partial charge in [-0.3, -0.25) is 0 Å².